The fraction of sp³-hybridized carbons (Fsp3) is 0.111. The number of nitrogens with zero attached hydrogens (tertiary/aromatic N) is 1. The molecule has 0 unspecified atom stereocenters. The fourth-order valence-corrected chi connectivity index (χ4v) is 3.08. The van der Waals surface area contributed by atoms with E-state index in [1.165, 1.54) is 29.5 Å². The molecule has 2 heterocycles. The van der Waals surface area contributed by atoms with E-state index in [2.05, 4.69) is 10.3 Å². The third-order valence-corrected chi connectivity index (χ3v) is 4.62. The minimum Gasteiger partial charge on any atom is -0.453 e. The summed E-state index contributed by atoms with van der Waals surface area (Å²) in [6.45, 7) is 1.33. The normalized spacial score (nSPS) is 10.4. The monoisotopic (exact) mass is 404 g/mol. The second kappa shape index (κ2) is 8.15. The Bertz CT molecular complexity index is 1010. The summed E-state index contributed by atoms with van der Waals surface area (Å²) in [5.41, 5.74) is 1.41. The second-order valence-electron chi connectivity index (χ2n) is 5.43. The SMILES string of the molecule is Cc1csc(NC(=O)COC(=O)c2cc(-c3ccc(C=O)o3)ccc2Cl)n1. The molecule has 0 radical (unpaired) electrons. The molecule has 138 valence electrons. The van der Waals surface area contributed by atoms with E-state index < -0.39 is 18.5 Å². The quantitative estimate of drug-likeness (QED) is 0.493. The number of ether oxygens (including phenoxy) is 1. The van der Waals surface area contributed by atoms with E-state index in [0.29, 0.717) is 22.7 Å². The summed E-state index contributed by atoms with van der Waals surface area (Å²) >= 11 is 7.34. The highest BCUT2D eigenvalue weighted by molar-refractivity contribution is 7.13. The van der Waals surface area contributed by atoms with Crippen molar-refractivity contribution in [2.45, 2.75) is 6.92 Å². The van der Waals surface area contributed by atoms with Crippen LogP contribution >= 0.6 is 22.9 Å². The first-order valence-electron chi connectivity index (χ1n) is 7.70. The van der Waals surface area contributed by atoms with Crippen LogP contribution < -0.4 is 5.32 Å². The number of halogens is 1. The number of thiazole rings is 1. The van der Waals surface area contributed by atoms with Crippen molar-refractivity contribution >= 4 is 46.2 Å². The van der Waals surface area contributed by atoms with Crippen LogP contribution in [0.4, 0.5) is 5.13 Å². The maximum absolute atomic E-state index is 12.3. The van der Waals surface area contributed by atoms with Gasteiger partial charge in [-0.2, -0.15) is 0 Å². The molecule has 7 nitrogen and oxygen atoms in total. The molecule has 0 aliphatic heterocycles. The summed E-state index contributed by atoms with van der Waals surface area (Å²) in [4.78, 5) is 39.0. The molecule has 27 heavy (non-hydrogen) atoms. The van der Waals surface area contributed by atoms with Gasteiger partial charge < -0.3 is 9.15 Å². The van der Waals surface area contributed by atoms with Crippen LogP contribution in [-0.4, -0.2) is 29.8 Å². The average Bonchev–Trinajstić information content (AvgIpc) is 3.29. The predicted octanol–water partition coefficient (Wildman–Crippen LogP) is 3.97. The third-order valence-electron chi connectivity index (χ3n) is 3.41. The molecule has 2 aromatic heterocycles. The number of aldehydes is 1. The Hall–Kier alpha value is -2.97. The average molecular weight is 405 g/mol. The Balaban J connectivity index is 1.67. The van der Waals surface area contributed by atoms with E-state index in [9.17, 15) is 14.4 Å². The van der Waals surface area contributed by atoms with Gasteiger partial charge in [-0.25, -0.2) is 9.78 Å². The van der Waals surface area contributed by atoms with Gasteiger partial charge in [0.2, 0.25) is 0 Å². The molecule has 1 amide bonds. The van der Waals surface area contributed by atoms with Crippen LogP contribution in [0.1, 0.15) is 26.6 Å². The third kappa shape index (κ3) is 4.60. The van der Waals surface area contributed by atoms with Crippen molar-refractivity contribution in [2.75, 3.05) is 11.9 Å². The van der Waals surface area contributed by atoms with E-state index in [1.807, 2.05) is 0 Å². The molecule has 1 aromatic carbocycles. The van der Waals surface area contributed by atoms with Crippen LogP contribution in [0.15, 0.2) is 40.1 Å². The molecule has 0 saturated carbocycles. The number of nitrogens with one attached hydrogen (secondary N) is 1. The van der Waals surface area contributed by atoms with E-state index >= 15 is 0 Å². The number of rotatable bonds is 6. The van der Waals surface area contributed by atoms with Crippen molar-refractivity contribution in [3.05, 3.63) is 57.8 Å². The molecule has 0 bridgehead atoms. The number of aromatic nitrogens is 1. The van der Waals surface area contributed by atoms with Crippen LogP contribution in [0.3, 0.4) is 0 Å². The van der Waals surface area contributed by atoms with Gasteiger partial charge in [-0.05, 0) is 37.3 Å². The van der Waals surface area contributed by atoms with Crippen LogP contribution in [0, 0.1) is 6.92 Å². The molecule has 1 N–H and O–H groups in total. The van der Waals surface area contributed by atoms with Gasteiger partial charge >= 0.3 is 5.97 Å². The highest BCUT2D eigenvalue weighted by Gasteiger charge is 2.17. The highest BCUT2D eigenvalue weighted by Crippen LogP contribution is 2.27. The van der Waals surface area contributed by atoms with Gasteiger partial charge in [0.15, 0.2) is 23.8 Å². The zero-order valence-electron chi connectivity index (χ0n) is 14.0. The lowest BCUT2D eigenvalue weighted by molar-refractivity contribution is -0.119. The van der Waals surface area contributed by atoms with Gasteiger partial charge in [0.05, 0.1) is 16.3 Å². The zero-order valence-corrected chi connectivity index (χ0v) is 15.6. The Morgan fingerprint density at radius 1 is 1.33 bits per heavy atom. The molecule has 0 aliphatic rings. The molecule has 0 aliphatic carbocycles. The predicted molar refractivity (Wildman–Crippen MR) is 100 cm³/mol. The minimum atomic E-state index is -0.755. The summed E-state index contributed by atoms with van der Waals surface area (Å²) in [7, 11) is 0. The summed E-state index contributed by atoms with van der Waals surface area (Å²) in [5.74, 6) is -0.695. The van der Waals surface area contributed by atoms with E-state index in [1.54, 1.807) is 24.4 Å². The molecule has 3 aromatic rings. The summed E-state index contributed by atoms with van der Waals surface area (Å²) in [5, 5.41) is 4.93. The van der Waals surface area contributed by atoms with Crippen molar-refractivity contribution in [2.24, 2.45) is 0 Å². The lowest BCUT2D eigenvalue weighted by atomic mass is 10.1. The van der Waals surface area contributed by atoms with Gasteiger partial charge in [0, 0.05) is 10.9 Å². The molecular weight excluding hydrogens is 392 g/mol. The Morgan fingerprint density at radius 2 is 2.15 bits per heavy atom. The van der Waals surface area contributed by atoms with Gasteiger partial charge in [-0.3, -0.25) is 14.9 Å². The zero-order chi connectivity index (χ0) is 19.4. The molecule has 3 rings (SSSR count). The first kappa shape index (κ1) is 18.8. The molecule has 9 heteroatoms. The maximum atomic E-state index is 12.3. The number of anilines is 1. The summed E-state index contributed by atoms with van der Waals surface area (Å²) in [6, 6.07) is 7.74. The standard InChI is InChI=1S/C18H13ClN2O5S/c1-10-9-27-18(20-10)21-16(23)8-25-17(24)13-6-11(2-4-14(13)19)15-5-3-12(7-22)26-15/h2-7,9H,8H2,1H3,(H,20,21,23). The topological polar surface area (TPSA) is 98.5 Å². The molecule has 0 saturated heterocycles. The number of amides is 1. The fourth-order valence-electron chi connectivity index (χ4n) is 2.18. The minimum absolute atomic E-state index is 0.0797. The van der Waals surface area contributed by atoms with Crippen molar-refractivity contribution < 1.29 is 23.5 Å². The van der Waals surface area contributed by atoms with Crippen molar-refractivity contribution in [1.29, 1.82) is 0 Å². The number of hydrogen-bond donors (Lipinski definition) is 1. The first-order chi connectivity index (χ1) is 13.0. The van der Waals surface area contributed by atoms with Crippen molar-refractivity contribution in [3.8, 4) is 11.3 Å². The van der Waals surface area contributed by atoms with Crippen molar-refractivity contribution in [1.82, 2.24) is 4.98 Å². The molecule has 0 atom stereocenters. The molecular formula is C18H13ClN2O5S. The Kier molecular flexibility index (Phi) is 5.68. The first-order valence-corrected chi connectivity index (χ1v) is 8.96. The lowest BCUT2D eigenvalue weighted by Crippen LogP contribution is -2.21. The Labute approximate surface area is 162 Å². The number of furan rings is 1. The van der Waals surface area contributed by atoms with Crippen LogP contribution in [0.25, 0.3) is 11.3 Å². The number of aryl methyl sites for hydroxylation is 1. The number of hydrogen-bond acceptors (Lipinski definition) is 7. The highest BCUT2D eigenvalue weighted by atomic mass is 35.5. The van der Waals surface area contributed by atoms with Crippen molar-refractivity contribution in [3.63, 3.8) is 0 Å². The summed E-state index contributed by atoms with van der Waals surface area (Å²) in [6.07, 6.45) is 0.581. The summed E-state index contributed by atoms with van der Waals surface area (Å²) < 4.78 is 10.3. The van der Waals surface area contributed by atoms with E-state index in [4.69, 9.17) is 20.8 Å². The van der Waals surface area contributed by atoms with E-state index in [0.717, 1.165) is 5.69 Å². The number of esters is 1. The van der Waals surface area contributed by atoms with Gasteiger partial charge in [-0.1, -0.05) is 11.6 Å². The number of benzene rings is 1. The lowest BCUT2D eigenvalue weighted by Gasteiger charge is -2.07. The largest absolute Gasteiger partial charge is 0.453 e. The Morgan fingerprint density at radius 3 is 2.81 bits per heavy atom. The van der Waals surface area contributed by atoms with Crippen LogP contribution in [-0.2, 0) is 9.53 Å². The number of carbonyl (C=O) groups is 3. The smallest absolute Gasteiger partial charge is 0.340 e. The van der Waals surface area contributed by atoms with Crippen LogP contribution in [0.5, 0.6) is 0 Å². The van der Waals surface area contributed by atoms with E-state index in [-0.39, 0.29) is 16.3 Å². The van der Waals surface area contributed by atoms with Crippen LogP contribution in [0.2, 0.25) is 5.02 Å². The maximum Gasteiger partial charge on any atom is 0.340 e. The van der Waals surface area contributed by atoms with Gasteiger partial charge in [-0.15, -0.1) is 11.3 Å². The number of carbonyl (C=O) groups excluding carboxylic acids is 3. The van der Waals surface area contributed by atoms with Gasteiger partial charge in [0.25, 0.3) is 5.91 Å². The second-order valence-corrected chi connectivity index (χ2v) is 6.70. The molecule has 0 fully saturated rings. The molecule has 0 spiro atoms. The van der Waals surface area contributed by atoms with Gasteiger partial charge in [0.1, 0.15) is 5.76 Å².